The molecule has 0 aliphatic rings. The molecule has 0 spiro atoms. The van der Waals surface area contributed by atoms with Gasteiger partial charge in [-0.15, -0.1) is 0 Å². The van der Waals surface area contributed by atoms with Crippen LogP contribution in [0.2, 0.25) is 0 Å². The standard InChI is InChI=1S/C16H16BrFO/c1-10-4-6-14(18)7-12(10)8-16(19)15-9-13(17)5-3-11(15)2/h3-7,9,16,19H,8H2,1-2H3. The van der Waals surface area contributed by atoms with Crippen molar-refractivity contribution in [3.8, 4) is 0 Å². The van der Waals surface area contributed by atoms with Crippen molar-refractivity contribution in [2.45, 2.75) is 26.4 Å². The fraction of sp³-hybridized carbons (Fsp3) is 0.250. The molecule has 3 heteroatoms. The molecular formula is C16H16BrFO. The molecule has 0 bridgehead atoms. The third-order valence-corrected chi connectivity index (χ3v) is 3.82. The van der Waals surface area contributed by atoms with Gasteiger partial charge in [-0.2, -0.15) is 0 Å². The number of aryl methyl sites for hydroxylation is 2. The highest BCUT2D eigenvalue weighted by molar-refractivity contribution is 9.10. The molecule has 1 N–H and O–H groups in total. The molecule has 0 aliphatic carbocycles. The Morgan fingerprint density at radius 2 is 1.79 bits per heavy atom. The second kappa shape index (κ2) is 5.85. The highest BCUT2D eigenvalue weighted by atomic mass is 79.9. The number of hydrogen-bond donors (Lipinski definition) is 1. The summed E-state index contributed by atoms with van der Waals surface area (Å²) in [5.41, 5.74) is 3.74. The molecule has 0 fully saturated rings. The number of benzene rings is 2. The van der Waals surface area contributed by atoms with Gasteiger partial charge in [0.1, 0.15) is 5.82 Å². The molecule has 0 radical (unpaired) electrons. The van der Waals surface area contributed by atoms with Crippen molar-refractivity contribution in [1.82, 2.24) is 0 Å². The zero-order valence-electron chi connectivity index (χ0n) is 11.0. The average Bonchev–Trinajstić information content (AvgIpc) is 2.36. The molecule has 2 aromatic rings. The first-order valence-electron chi connectivity index (χ1n) is 6.16. The molecule has 0 saturated carbocycles. The lowest BCUT2D eigenvalue weighted by Crippen LogP contribution is -2.05. The van der Waals surface area contributed by atoms with E-state index in [1.807, 2.05) is 32.0 Å². The fourth-order valence-corrected chi connectivity index (χ4v) is 2.53. The smallest absolute Gasteiger partial charge is 0.123 e. The molecule has 2 rings (SSSR count). The zero-order chi connectivity index (χ0) is 14.0. The van der Waals surface area contributed by atoms with Gasteiger partial charge in [0, 0.05) is 10.9 Å². The van der Waals surface area contributed by atoms with Crippen molar-refractivity contribution in [3.63, 3.8) is 0 Å². The molecule has 100 valence electrons. The van der Waals surface area contributed by atoms with Crippen LogP contribution < -0.4 is 0 Å². The van der Waals surface area contributed by atoms with Gasteiger partial charge in [0.2, 0.25) is 0 Å². The quantitative estimate of drug-likeness (QED) is 0.883. The second-order valence-electron chi connectivity index (χ2n) is 4.79. The van der Waals surface area contributed by atoms with E-state index in [4.69, 9.17) is 0 Å². The van der Waals surface area contributed by atoms with E-state index in [0.29, 0.717) is 6.42 Å². The lowest BCUT2D eigenvalue weighted by atomic mass is 9.95. The van der Waals surface area contributed by atoms with Gasteiger partial charge in [0.05, 0.1) is 6.10 Å². The van der Waals surface area contributed by atoms with Crippen LogP contribution in [0.3, 0.4) is 0 Å². The Bertz CT molecular complexity index is 595. The summed E-state index contributed by atoms with van der Waals surface area (Å²) in [4.78, 5) is 0. The molecule has 0 aliphatic heterocycles. The topological polar surface area (TPSA) is 20.2 Å². The Morgan fingerprint density at radius 1 is 1.11 bits per heavy atom. The molecule has 1 unspecified atom stereocenters. The summed E-state index contributed by atoms with van der Waals surface area (Å²) >= 11 is 3.41. The number of aliphatic hydroxyl groups excluding tert-OH is 1. The molecule has 1 nitrogen and oxygen atoms in total. The first-order chi connectivity index (χ1) is 8.97. The number of rotatable bonds is 3. The minimum atomic E-state index is -0.627. The van der Waals surface area contributed by atoms with Gasteiger partial charge in [-0.25, -0.2) is 4.39 Å². The van der Waals surface area contributed by atoms with Crippen molar-refractivity contribution < 1.29 is 9.50 Å². The van der Waals surface area contributed by atoms with Gasteiger partial charge in [-0.3, -0.25) is 0 Å². The maximum Gasteiger partial charge on any atom is 0.123 e. The largest absolute Gasteiger partial charge is 0.388 e. The molecule has 1 atom stereocenters. The molecular weight excluding hydrogens is 307 g/mol. The van der Waals surface area contributed by atoms with Crippen LogP contribution >= 0.6 is 15.9 Å². The summed E-state index contributed by atoms with van der Waals surface area (Å²) in [5.74, 6) is -0.265. The minimum absolute atomic E-state index is 0.265. The summed E-state index contributed by atoms with van der Waals surface area (Å²) in [6.07, 6.45) is -0.209. The number of hydrogen-bond acceptors (Lipinski definition) is 1. The summed E-state index contributed by atoms with van der Waals surface area (Å²) in [6.45, 7) is 3.89. The normalized spacial score (nSPS) is 12.5. The van der Waals surface area contributed by atoms with Gasteiger partial charge < -0.3 is 5.11 Å². The molecule has 0 heterocycles. The van der Waals surface area contributed by atoms with Gasteiger partial charge in [-0.05, 0) is 60.4 Å². The Hall–Kier alpha value is -1.19. The highest BCUT2D eigenvalue weighted by Crippen LogP contribution is 2.26. The summed E-state index contributed by atoms with van der Waals surface area (Å²) in [6, 6.07) is 10.5. The van der Waals surface area contributed by atoms with Crippen molar-refractivity contribution in [2.75, 3.05) is 0 Å². The van der Waals surface area contributed by atoms with Crippen molar-refractivity contribution in [2.24, 2.45) is 0 Å². The first kappa shape index (κ1) is 14.2. The van der Waals surface area contributed by atoms with E-state index in [1.54, 1.807) is 6.07 Å². The van der Waals surface area contributed by atoms with Crippen LogP contribution in [-0.2, 0) is 6.42 Å². The average molecular weight is 323 g/mol. The van der Waals surface area contributed by atoms with Crippen molar-refractivity contribution in [1.29, 1.82) is 0 Å². The molecule has 0 saturated heterocycles. The van der Waals surface area contributed by atoms with Crippen molar-refractivity contribution in [3.05, 3.63) is 68.9 Å². The van der Waals surface area contributed by atoms with E-state index >= 15 is 0 Å². The summed E-state index contributed by atoms with van der Waals surface area (Å²) < 4.78 is 14.2. The van der Waals surface area contributed by atoms with E-state index in [2.05, 4.69) is 15.9 Å². The zero-order valence-corrected chi connectivity index (χ0v) is 12.5. The Balaban J connectivity index is 2.27. The van der Waals surface area contributed by atoms with E-state index in [1.165, 1.54) is 12.1 Å². The van der Waals surface area contributed by atoms with Gasteiger partial charge in [0.15, 0.2) is 0 Å². The highest BCUT2D eigenvalue weighted by Gasteiger charge is 2.13. The SMILES string of the molecule is Cc1ccc(F)cc1CC(O)c1cc(Br)ccc1C. The Morgan fingerprint density at radius 3 is 2.53 bits per heavy atom. The third-order valence-electron chi connectivity index (χ3n) is 3.32. The van der Waals surface area contributed by atoms with Crippen LogP contribution in [-0.4, -0.2) is 5.11 Å². The third kappa shape index (κ3) is 3.43. The lowest BCUT2D eigenvalue weighted by Gasteiger charge is -2.15. The Labute approximate surface area is 121 Å². The molecule has 19 heavy (non-hydrogen) atoms. The maximum absolute atomic E-state index is 13.3. The van der Waals surface area contributed by atoms with E-state index in [-0.39, 0.29) is 5.82 Å². The van der Waals surface area contributed by atoms with Gasteiger partial charge in [0.25, 0.3) is 0 Å². The van der Waals surface area contributed by atoms with Gasteiger partial charge >= 0.3 is 0 Å². The van der Waals surface area contributed by atoms with E-state index in [0.717, 1.165) is 26.7 Å². The van der Waals surface area contributed by atoms with E-state index in [9.17, 15) is 9.50 Å². The van der Waals surface area contributed by atoms with Crippen molar-refractivity contribution >= 4 is 15.9 Å². The fourth-order valence-electron chi connectivity index (χ4n) is 2.15. The van der Waals surface area contributed by atoms with Gasteiger partial charge in [-0.1, -0.05) is 28.1 Å². The molecule has 0 amide bonds. The number of aliphatic hydroxyl groups is 1. The van der Waals surface area contributed by atoms with Crippen LogP contribution in [0.1, 0.15) is 28.4 Å². The van der Waals surface area contributed by atoms with E-state index < -0.39 is 6.10 Å². The first-order valence-corrected chi connectivity index (χ1v) is 6.96. The molecule has 0 aromatic heterocycles. The van der Waals surface area contributed by atoms with Crippen LogP contribution in [0.4, 0.5) is 4.39 Å². The second-order valence-corrected chi connectivity index (χ2v) is 5.71. The minimum Gasteiger partial charge on any atom is -0.388 e. The summed E-state index contributed by atoms with van der Waals surface area (Å²) in [7, 11) is 0. The predicted molar refractivity (Wildman–Crippen MR) is 78.7 cm³/mol. The predicted octanol–water partition coefficient (Wildman–Crippen LogP) is 4.48. The maximum atomic E-state index is 13.3. The van der Waals surface area contributed by atoms with Crippen LogP contribution in [0, 0.1) is 19.7 Å². The summed E-state index contributed by atoms with van der Waals surface area (Å²) in [5, 5.41) is 10.4. The van der Waals surface area contributed by atoms with Crippen LogP contribution in [0.25, 0.3) is 0 Å². The molecule has 2 aromatic carbocycles. The number of halogens is 2. The van der Waals surface area contributed by atoms with Crippen LogP contribution in [0.5, 0.6) is 0 Å². The Kier molecular flexibility index (Phi) is 4.38. The lowest BCUT2D eigenvalue weighted by molar-refractivity contribution is 0.177. The monoisotopic (exact) mass is 322 g/mol. The van der Waals surface area contributed by atoms with Crippen LogP contribution in [0.15, 0.2) is 40.9 Å².